The Morgan fingerprint density at radius 1 is 1.17 bits per heavy atom. The molecule has 0 unspecified atom stereocenters. The summed E-state index contributed by atoms with van der Waals surface area (Å²) in [5.74, 6) is -1.04. The molecule has 0 aliphatic carbocycles. The predicted molar refractivity (Wildman–Crippen MR) is 117 cm³/mol. The lowest BCUT2D eigenvalue weighted by molar-refractivity contribution is -0.143. The third kappa shape index (κ3) is 5.51. The minimum Gasteiger partial charge on any atom is -0.465 e. The molecule has 8 heteroatoms. The fourth-order valence-corrected chi connectivity index (χ4v) is 3.87. The Bertz CT molecular complexity index is 1180. The summed E-state index contributed by atoms with van der Waals surface area (Å²) in [7, 11) is 0. The van der Waals surface area contributed by atoms with Crippen molar-refractivity contribution in [2.24, 2.45) is 4.99 Å². The zero-order chi connectivity index (χ0) is 21.5. The maximum atomic E-state index is 12.4. The van der Waals surface area contributed by atoms with Gasteiger partial charge in [-0.25, -0.2) is 0 Å². The second-order valence-electron chi connectivity index (χ2n) is 6.33. The highest BCUT2D eigenvalue weighted by atomic mass is 32.1. The lowest BCUT2D eigenvalue weighted by Crippen LogP contribution is -2.22. The van der Waals surface area contributed by atoms with Gasteiger partial charge in [0.25, 0.3) is 5.91 Å². The van der Waals surface area contributed by atoms with E-state index in [0.717, 1.165) is 15.8 Å². The van der Waals surface area contributed by atoms with Gasteiger partial charge in [0.2, 0.25) is 5.91 Å². The van der Waals surface area contributed by atoms with Crippen LogP contribution in [-0.2, 0) is 25.7 Å². The molecule has 1 heterocycles. The molecule has 2 amide bonds. The third-order valence-electron chi connectivity index (χ3n) is 4.02. The molecule has 0 atom stereocenters. The van der Waals surface area contributed by atoms with E-state index in [1.54, 1.807) is 35.8 Å². The Morgan fingerprint density at radius 3 is 2.63 bits per heavy atom. The van der Waals surface area contributed by atoms with E-state index >= 15 is 0 Å². The number of ether oxygens (including phenoxy) is 1. The van der Waals surface area contributed by atoms with Gasteiger partial charge in [-0.3, -0.25) is 14.4 Å². The van der Waals surface area contributed by atoms with E-state index in [1.165, 1.54) is 24.3 Å². The van der Waals surface area contributed by atoms with Crippen molar-refractivity contribution in [2.75, 3.05) is 11.9 Å². The van der Waals surface area contributed by atoms with Crippen molar-refractivity contribution >= 4 is 51.1 Å². The quantitative estimate of drug-likeness (QED) is 0.486. The highest BCUT2D eigenvalue weighted by Gasteiger charge is 2.12. The normalized spacial score (nSPS) is 11.7. The average Bonchev–Trinajstić information content (AvgIpc) is 3.03. The number of anilines is 1. The van der Waals surface area contributed by atoms with E-state index in [0.29, 0.717) is 10.5 Å². The summed E-state index contributed by atoms with van der Waals surface area (Å²) in [4.78, 5) is 40.4. The van der Waals surface area contributed by atoms with Crippen LogP contribution in [0.3, 0.4) is 0 Å². The Morgan fingerprint density at radius 2 is 1.93 bits per heavy atom. The predicted octanol–water partition coefficient (Wildman–Crippen LogP) is 3.37. The number of thiazole rings is 1. The largest absolute Gasteiger partial charge is 0.465 e. The molecule has 2 aromatic carbocycles. The molecule has 0 saturated heterocycles. The Labute approximate surface area is 177 Å². The minimum absolute atomic E-state index is 0.0676. The highest BCUT2D eigenvalue weighted by molar-refractivity contribution is 7.16. The molecule has 30 heavy (non-hydrogen) atoms. The van der Waals surface area contributed by atoms with Crippen LogP contribution < -0.4 is 10.1 Å². The van der Waals surface area contributed by atoms with Crippen molar-refractivity contribution in [3.63, 3.8) is 0 Å². The van der Waals surface area contributed by atoms with Gasteiger partial charge in [0.15, 0.2) is 4.80 Å². The van der Waals surface area contributed by atoms with E-state index in [-0.39, 0.29) is 19.1 Å². The standard InChI is InChI=1S/C22H21N3O4S/c1-3-29-21(28)14-25-18-11-10-17(23-15(2)26)13-19(18)30-22(25)24-20(27)12-9-16-7-5-4-6-8-16/h4-13H,3,14H2,1-2H3,(H,23,26). The summed E-state index contributed by atoms with van der Waals surface area (Å²) < 4.78 is 7.48. The first-order valence-electron chi connectivity index (χ1n) is 9.34. The van der Waals surface area contributed by atoms with E-state index in [4.69, 9.17) is 4.74 Å². The van der Waals surface area contributed by atoms with Gasteiger partial charge in [0.05, 0.1) is 16.8 Å². The molecule has 0 fully saturated rings. The number of fused-ring (bicyclic) bond motifs is 1. The molecular formula is C22H21N3O4S. The maximum absolute atomic E-state index is 12.4. The van der Waals surface area contributed by atoms with Crippen LogP contribution in [0.1, 0.15) is 19.4 Å². The van der Waals surface area contributed by atoms with Crippen LogP contribution in [0.25, 0.3) is 16.3 Å². The molecule has 3 rings (SSSR count). The molecule has 0 spiro atoms. The van der Waals surface area contributed by atoms with Crippen molar-refractivity contribution in [1.29, 1.82) is 0 Å². The van der Waals surface area contributed by atoms with Crippen LogP contribution in [0.5, 0.6) is 0 Å². The smallest absolute Gasteiger partial charge is 0.326 e. The number of nitrogens with zero attached hydrogens (tertiary/aromatic N) is 2. The summed E-state index contributed by atoms with van der Waals surface area (Å²) in [6.07, 6.45) is 3.07. The summed E-state index contributed by atoms with van der Waals surface area (Å²) in [6.45, 7) is 3.36. The number of aromatic nitrogens is 1. The number of amides is 2. The SMILES string of the molecule is CCOC(=O)Cn1c(=NC(=O)C=Cc2ccccc2)sc2cc(NC(C)=O)ccc21. The maximum Gasteiger partial charge on any atom is 0.326 e. The lowest BCUT2D eigenvalue weighted by atomic mass is 10.2. The summed E-state index contributed by atoms with van der Waals surface area (Å²) >= 11 is 1.26. The fourth-order valence-electron chi connectivity index (χ4n) is 2.79. The molecule has 154 valence electrons. The fraction of sp³-hybridized carbons (Fsp3) is 0.182. The van der Waals surface area contributed by atoms with E-state index in [2.05, 4.69) is 10.3 Å². The molecule has 7 nitrogen and oxygen atoms in total. The Balaban J connectivity index is 2.00. The molecule has 1 aromatic heterocycles. The van der Waals surface area contributed by atoms with Gasteiger partial charge in [-0.05, 0) is 36.8 Å². The van der Waals surface area contributed by atoms with Crippen molar-refractivity contribution in [2.45, 2.75) is 20.4 Å². The number of carbonyl (C=O) groups is 3. The van der Waals surface area contributed by atoms with Crippen molar-refractivity contribution < 1.29 is 19.1 Å². The van der Waals surface area contributed by atoms with Crippen LogP contribution in [0.15, 0.2) is 59.6 Å². The van der Waals surface area contributed by atoms with E-state index < -0.39 is 11.9 Å². The van der Waals surface area contributed by atoms with Gasteiger partial charge in [0.1, 0.15) is 6.54 Å². The van der Waals surface area contributed by atoms with Crippen molar-refractivity contribution in [3.05, 3.63) is 65.0 Å². The summed E-state index contributed by atoms with van der Waals surface area (Å²) in [6, 6.07) is 14.7. The Hall–Kier alpha value is -3.52. The number of rotatable bonds is 6. The lowest BCUT2D eigenvalue weighted by Gasteiger charge is -2.06. The minimum atomic E-state index is -0.440. The Kier molecular flexibility index (Phi) is 6.92. The number of hydrogen-bond donors (Lipinski definition) is 1. The number of nitrogens with one attached hydrogen (secondary N) is 1. The van der Waals surface area contributed by atoms with Crippen LogP contribution >= 0.6 is 11.3 Å². The van der Waals surface area contributed by atoms with Gasteiger partial charge >= 0.3 is 5.97 Å². The molecule has 0 bridgehead atoms. The summed E-state index contributed by atoms with van der Waals surface area (Å²) in [5.41, 5.74) is 2.24. The monoisotopic (exact) mass is 423 g/mol. The van der Waals surface area contributed by atoms with Crippen LogP contribution in [-0.4, -0.2) is 29.0 Å². The number of esters is 1. The second-order valence-corrected chi connectivity index (χ2v) is 7.34. The van der Waals surface area contributed by atoms with Gasteiger partial charge in [-0.2, -0.15) is 4.99 Å². The zero-order valence-electron chi connectivity index (χ0n) is 16.6. The van der Waals surface area contributed by atoms with Gasteiger partial charge in [-0.15, -0.1) is 0 Å². The molecule has 0 aliphatic rings. The molecule has 1 N–H and O–H groups in total. The first-order chi connectivity index (χ1) is 14.5. The topological polar surface area (TPSA) is 89.8 Å². The molecular weight excluding hydrogens is 402 g/mol. The number of hydrogen-bond acceptors (Lipinski definition) is 5. The van der Waals surface area contributed by atoms with Crippen LogP contribution in [0.4, 0.5) is 5.69 Å². The van der Waals surface area contributed by atoms with Gasteiger partial charge in [-0.1, -0.05) is 41.7 Å². The molecule has 0 radical (unpaired) electrons. The van der Waals surface area contributed by atoms with Gasteiger partial charge in [0, 0.05) is 18.7 Å². The number of carbonyl (C=O) groups excluding carboxylic acids is 3. The molecule has 0 saturated carbocycles. The van der Waals surface area contributed by atoms with Crippen LogP contribution in [0.2, 0.25) is 0 Å². The first-order valence-corrected chi connectivity index (χ1v) is 10.2. The van der Waals surface area contributed by atoms with E-state index in [9.17, 15) is 14.4 Å². The third-order valence-corrected chi connectivity index (χ3v) is 5.06. The first kappa shape index (κ1) is 21.2. The number of benzene rings is 2. The highest BCUT2D eigenvalue weighted by Crippen LogP contribution is 2.22. The zero-order valence-corrected chi connectivity index (χ0v) is 17.4. The van der Waals surface area contributed by atoms with Crippen LogP contribution in [0, 0.1) is 0 Å². The molecule has 0 aliphatic heterocycles. The average molecular weight is 423 g/mol. The van der Waals surface area contributed by atoms with Crippen molar-refractivity contribution in [3.8, 4) is 0 Å². The second kappa shape index (κ2) is 9.80. The van der Waals surface area contributed by atoms with Gasteiger partial charge < -0.3 is 14.6 Å². The van der Waals surface area contributed by atoms with Crippen molar-refractivity contribution in [1.82, 2.24) is 4.57 Å². The molecule has 3 aromatic rings. The summed E-state index contributed by atoms with van der Waals surface area (Å²) in [5, 5.41) is 2.72. The van der Waals surface area contributed by atoms with E-state index in [1.807, 2.05) is 30.3 Å².